The summed E-state index contributed by atoms with van der Waals surface area (Å²) >= 11 is 0. The van der Waals surface area contributed by atoms with E-state index >= 15 is 0 Å². The second kappa shape index (κ2) is 18.8. The van der Waals surface area contributed by atoms with Crippen LogP contribution < -0.4 is 30.6 Å². The van der Waals surface area contributed by atoms with Gasteiger partial charge >= 0.3 is 98.8 Å². The van der Waals surface area contributed by atoms with Gasteiger partial charge in [-0.2, -0.15) is 0 Å². The van der Waals surface area contributed by atoms with Crippen LogP contribution in [0.25, 0.3) is 0 Å². The van der Waals surface area contributed by atoms with Crippen LogP contribution in [0, 0.1) is 98.8 Å². The number of carbonyl (C=O) groups excluding carboxylic acids is 6. The van der Waals surface area contributed by atoms with E-state index in [1.54, 1.807) is 0 Å². The van der Waals surface area contributed by atoms with Crippen LogP contribution in [-0.2, 0) is 0 Å². The summed E-state index contributed by atoms with van der Waals surface area (Å²) in [5.41, 5.74) is -2.18. The van der Waals surface area contributed by atoms with Crippen molar-refractivity contribution in [3.63, 3.8) is 0 Å². The minimum Gasteiger partial charge on any atom is -0.545 e. The maximum atomic E-state index is 10.3. The van der Waals surface area contributed by atoms with Gasteiger partial charge in [0.1, 0.15) is 0 Å². The monoisotopic (exact) mass is 798 g/mol. The number of rotatable bonds is 6. The molecule has 0 spiro atoms. The van der Waals surface area contributed by atoms with Gasteiger partial charge in [-0.3, -0.25) is 0 Å². The van der Waals surface area contributed by atoms with Crippen LogP contribution in [-0.4, -0.2) is 35.8 Å². The van der Waals surface area contributed by atoms with Crippen LogP contribution in [0.4, 0.5) is 0 Å². The summed E-state index contributed by atoms with van der Waals surface area (Å²) in [7, 11) is 0. The Hall–Kier alpha value is -2.35. The molecule has 0 aliphatic heterocycles. The molecule has 0 aliphatic rings. The van der Waals surface area contributed by atoms with Gasteiger partial charge in [-0.1, -0.05) is 72.8 Å². The van der Waals surface area contributed by atoms with Gasteiger partial charge in [-0.15, -0.1) is 0 Å². The molecule has 3 rings (SSSR count). The summed E-state index contributed by atoms with van der Waals surface area (Å²) in [5, 5.41) is 61.9. The van der Waals surface area contributed by atoms with Crippen LogP contribution in [0.2, 0.25) is 0 Å². The van der Waals surface area contributed by atoms with Crippen molar-refractivity contribution < 1.29 is 158 Å². The van der Waals surface area contributed by atoms with E-state index in [1.807, 2.05) is 0 Å². The second-order valence-corrected chi connectivity index (χ2v) is 6.36. The first-order valence-corrected chi connectivity index (χ1v) is 9.43. The van der Waals surface area contributed by atoms with E-state index in [-0.39, 0.29) is 132 Å². The summed E-state index contributed by atoms with van der Waals surface area (Å²) in [6.07, 6.45) is 0. The van der Waals surface area contributed by atoms with Crippen LogP contribution >= 0.6 is 0 Å². The Morgan fingerprint density at radius 1 is 0.316 bits per heavy atom. The van der Waals surface area contributed by atoms with E-state index in [9.17, 15) is 59.4 Å². The third-order valence-corrected chi connectivity index (χ3v) is 4.10. The van der Waals surface area contributed by atoms with E-state index in [4.69, 9.17) is 0 Å². The van der Waals surface area contributed by atoms with Gasteiger partial charge < -0.3 is 59.4 Å². The Kier molecular flexibility index (Phi) is 18.7. The molecule has 0 bridgehead atoms. The molecule has 14 heteroatoms. The Morgan fingerprint density at radius 3 is 0.500 bits per heavy atom. The molecule has 0 fully saturated rings. The molecule has 0 aliphatic carbocycles. The Bertz CT molecular complexity index is 1060. The minimum absolute atomic E-state index is 0. The van der Waals surface area contributed by atoms with Crippen molar-refractivity contribution in [2.24, 2.45) is 0 Å². The van der Waals surface area contributed by atoms with Gasteiger partial charge in [0.2, 0.25) is 0 Å². The summed E-state index contributed by atoms with van der Waals surface area (Å²) in [4.78, 5) is 61.9. The first-order valence-electron chi connectivity index (χ1n) is 9.43. The van der Waals surface area contributed by atoms with E-state index in [0.717, 1.165) is 36.4 Å². The van der Waals surface area contributed by atoms with Gasteiger partial charge in [-0.05, 0) is 0 Å². The maximum Gasteiger partial charge on any atom is 3.00 e. The van der Waals surface area contributed by atoms with Crippen molar-refractivity contribution in [2.45, 2.75) is 0 Å². The Balaban J connectivity index is 0. The van der Waals surface area contributed by atoms with Crippen molar-refractivity contribution >= 4 is 35.8 Å². The molecule has 0 N–H and O–H groups in total. The Labute approximate surface area is 296 Å². The van der Waals surface area contributed by atoms with E-state index in [0.29, 0.717) is 0 Å². The molecular weight excluding hydrogens is 784 g/mol. The van der Waals surface area contributed by atoms with E-state index in [1.165, 1.54) is 36.4 Å². The largest absolute Gasteiger partial charge is 3.00 e. The quantitative estimate of drug-likeness (QED) is 0.229. The molecule has 12 nitrogen and oxygen atoms in total. The van der Waals surface area contributed by atoms with Crippen LogP contribution in [0.5, 0.6) is 0 Å². The molecule has 194 valence electrons. The van der Waals surface area contributed by atoms with Crippen molar-refractivity contribution in [3.8, 4) is 0 Å². The summed E-state index contributed by atoms with van der Waals surface area (Å²) in [6.45, 7) is 0. The number of carboxylic acids is 6. The Morgan fingerprint density at radius 2 is 0.421 bits per heavy atom. The predicted octanol–water partition coefficient (Wildman–Crippen LogP) is -4.76. The summed E-state index contributed by atoms with van der Waals surface area (Å²) in [6, 6.07) is 15.4. The number of carbonyl (C=O) groups is 6. The van der Waals surface area contributed by atoms with Crippen molar-refractivity contribution in [1.29, 1.82) is 0 Å². The average molecular weight is 796 g/mol. The summed E-state index contributed by atoms with van der Waals surface area (Å²) in [5.74, 6) is -9.11. The fraction of sp³-hybridized carbons (Fsp3) is 0. The normalized spacial score (nSPS) is 8.84. The van der Waals surface area contributed by atoms with Crippen LogP contribution in [0.15, 0.2) is 72.8 Å². The molecule has 0 unspecified atom stereocenters. The minimum atomic E-state index is -1.52. The van der Waals surface area contributed by atoms with Crippen molar-refractivity contribution in [3.05, 3.63) is 106 Å². The average Bonchev–Trinajstić information content (AvgIpc) is 2.84. The SMILES string of the molecule is O=C([O-])c1ccccc1C(=O)[O-].O=C([O-])c1ccccc1C(=O)[O-].O=C([O-])c1ccccc1C(=O)[O-].[Eu+3].[Eu+3]. The van der Waals surface area contributed by atoms with Crippen LogP contribution in [0.3, 0.4) is 0 Å². The molecule has 0 saturated carbocycles. The third kappa shape index (κ3) is 12.0. The number of hydrogen-bond donors (Lipinski definition) is 0. The summed E-state index contributed by atoms with van der Waals surface area (Å²) < 4.78 is 0. The molecule has 3 aromatic rings. The third-order valence-electron chi connectivity index (χ3n) is 4.10. The van der Waals surface area contributed by atoms with Gasteiger partial charge in [0, 0.05) is 33.4 Å². The molecule has 0 heterocycles. The van der Waals surface area contributed by atoms with Crippen molar-refractivity contribution in [2.75, 3.05) is 0 Å². The van der Waals surface area contributed by atoms with Gasteiger partial charge in [0.05, 0.1) is 35.8 Å². The standard InChI is InChI=1S/3C8H6O4.2Eu/c3*9-7(10)5-3-1-2-4-6(5)8(11)12;;/h3*1-4H,(H,9,10)(H,11,12);;/q;;;2*+3/p-6. The first kappa shape index (κ1) is 37.8. The number of carboxylic acid groups (broad SMARTS) is 6. The smallest absolute Gasteiger partial charge is 0.545 e. The van der Waals surface area contributed by atoms with E-state index in [2.05, 4.69) is 0 Å². The van der Waals surface area contributed by atoms with E-state index < -0.39 is 35.8 Å². The molecule has 0 saturated heterocycles. The fourth-order valence-electron chi connectivity index (χ4n) is 2.52. The predicted molar refractivity (Wildman–Crippen MR) is 105 cm³/mol. The maximum absolute atomic E-state index is 10.3. The zero-order valence-electron chi connectivity index (χ0n) is 18.6. The molecule has 0 atom stereocenters. The molecule has 0 radical (unpaired) electrons. The molecule has 0 aromatic heterocycles. The van der Waals surface area contributed by atoms with Gasteiger partial charge in [-0.25, -0.2) is 0 Å². The topological polar surface area (TPSA) is 241 Å². The first-order chi connectivity index (χ1) is 16.9. The fourth-order valence-corrected chi connectivity index (χ4v) is 2.52. The number of benzene rings is 3. The zero-order chi connectivity index (χ0) is 27.4. The molecule has 3 aromatic carbocycles. The second-order valence-electron chi connectivity index (χ2n) is 6.36. The number of hydrogen-bond acceptors (Lipinski definition) is 12. The van der Waals surface area contributed by atoms with Gasteiger partial charge in [0.25, 0.3) is 0 Å². The molecule has 38 heavy (non-hydrogen) atoms. The van der Waals surface area contributed by atoms with Gasteiger partial charge in [0.15, 0.2) is 0 Å². The van der Waals surface area contributed by atoms with Crippen molar-refractivity contribution in [1.82, 2.24) is 0 Å². The number of aromatic carboxylic acids is 6. The zero-order valence-corrected chi connectivity index (χ0v) is 23.4. The molecule has 0 amide bonds. The van der Waals surface area contributed by atoms with Crippen LogP contribution in [0.1, 0.15) is 62.1 Å². The molecular formula is C24H12Eu2O12.